The number of nitrogens with zero attached hydrogens (tertiary/aromatic N) is 2. The van der Waals surface area contributed by atoms with Gasteiger partial charge < -0.3 is 14.7 Å². The highest BCUT2D eigenvalue weighted by Crippen LogP contribution is 2.33. The molecule has 2 fully saturated rings. The van der Waals surface area contributed by atoms with Gasteiger partial charge >= 0.3 is 6.03 Å². The Labute approximate surface area is 150 Å². The molecule has 0 spiro atoms. The molecule has 4 rings (SSSR count). The molecule has 1 saturated carbocycles. The standard InChI is InChI=1S/C19H23F2N3O2/c20-13-5-6-14-17(11-13)26-23-18(14)12-7-9-24(10-8-12)19(25)22-16-4-2-1-3-15(16)21/h5-6,11-12,15-16H,1-4,7-10H2,(H,22,25)/t15-,16-/m1/s1. The molecule has 2 aliphatic rings. The molecular formula is C19H23F2N3O2. The maximum Gasteiger partial charge on any atom is 0.317 e. The van der Waals surface area contributed by atoms with Gasteiger partial charge in [0.1, 0.15) is 12.0 Å². The van der Waals surface area contributed by atoms with Crippen molar-refractivity contribution in [2.24, 2.45) is 0 Å². The molecule has 1 aromatic carbocycles. The van der Waals surface area contributed by atoms with E-state index in [1.807, 2.05) is 0 Å². The lowest BCUT2D eigenvalue weighted by atomic mass is 9.91. The normalized spacial score (nSPS) is 24.8. The minimum Gasteiger partial charge on any atom is -0.356 e. The predicted octanol–water partition coefficient (Wildman–Crippen LogP) is 4.14. The van der Waals surface area contributed by atoms with E-state index in [4.69, 9.17) is 4.52 Å². The summed E-state index contributed by atoms with van der Waals surface area (Å²) in [5, 5.41) is 7.81. The van der Waals surface area contributed by atoms with Crippen LogP contribution in [0.1, 0.15) is 50.1 Å². The largest absolute Gasteiger partial charge is 0.356 e. The van der Waals surface area contributed by atoms with Crippen LogP contribution in [0.15, 0.2) is 22.7 Å². The number of likely N-dealkylation sites (tertiary alicyclic amines) is 1. The second-order valence-electron chi connectivity index (χ2n) is 7.33. The van der Waals surface area contributed by atoms with Crippen molar-refractivity contribution in [1.82, 2.24) is 15.4 Å². The summed E-state index contributed by atoms with van der Waals surface area (Å²) in [6.07, 6.45) is 3.69. The van der Waals surface area contributed by atoms with E-state index in [-0.39, 0.29) is 23.8 Å². The van der Waals surface area contributed by atoms with Crippen LogP contribution in [0.25, 0.3) is 11.0 Å². The molecule has 2 atom stereocenters. The van der Waals surface area contributed by atoms with E-state index in [9.17, 15) is 13.6 Å². The molecule has 2 amide bonds. The molecular weight excluding hydrogens is 340 g/mol. The molecule has 0 bridgehead atoms. The molecule has 7 heteroatoms. The smallest absolute Gasteiger partial charge is 0.317 e. The zero-order valence-corrected chi connectivity index (χ0v) is 14.6. The van der Waals surface area contributed by atoms with Crippen LogP contribution < -0.4 is 5.32 Å². The third kappa shape index (κ3) is 3.39. The van der Waals surface area contributed by atoms with Gasteiger partial charge in [-0.3, -0.25) is 0 Å². The first-order chi connectivity index (χ1) is 12.6. The Kier molecular flexibility index (Phi) is 4.78. The molecule has 2 heterocycles. The van der Waals surface area contributed by atoms with Crippen molar-refractivity contribution >= 4 is 17.0 Å². The second-order valence-corrected chi connectivity index (χ2v) is 7.33. The van der Waals surface area contributed by atoms with E-state index in [0.29, 0.717) is 31.5 Å². The Morgan fingerprint density at radius 2 is 1.96 bits per heavy atom. The monoisotopic (exact) mass is 363 g/mol. The molecule has 2 aromatic rings. The Balaban J connectivity index is 1.36. The summed E-state index contributed by atoms with van der Waals surface area (Å²) in [7, 11) is 0. The summed E-state index contributed by atoms with van der Waals surface area (Å²) >= 11 is 0. The molecule has 1 aliphatic heterocycles. The van der Waals surface area contributed by atoms with Crippen LogP contribution in [0.2, 0.25) is 0 Å². The molecule has 140 valence electrons. The Morgan fingerprint density at radius 1 is 1.19 bits per heavy atom. The molecule has 1 N–H and O–H groups in total. The summed E-state index contributed by atoms with van der Waals surface area (Å²) in [5.41, 5.74) is 1.28. The minimum absolute atomic E-state index is 0.175. The maximum atomic E-state index is 13.9. The van der Waals surface area contributed by atoms with E-state index < -0.39 is 6.17 Å². The fourth-order valence-electron chi connectivity index (χ4n) is 4.08. The van der Waals surface area contributed by atoms with Crippen LogP contribution in [0.4, 0.5) is 13.6 Å². The number of aromatic nitrogens is 1. The molecule has 0 radical (unpaired) electrons. The predicted molar refractivity (Wildman–Crippen MR) is 93.2 cm³/mol. The number of halogens is 2. The quantitative estimate of drug-likeness (QED) is 0.872. The maximum absolute atomic E-state index is 13.9. The number of urea groups is 1. The summed E-state index contributed by atoms with van der Waals surface area (Å²) < 4.78 is 32.4. The lowest BCUT2D eigenvalue weighted by Gasteiger charge is -2.34. The van der Waals surface area contributed by atoms with Gasteiger partial charge in [-0.1, -0.05) is 18.0 Å². The van der Waals surface area contributed by atoms with E-state index >= 15 is 0 Å². The first kappa shape index (κ1) is 17.2. The molecule has 1 aliphatic carbocycles. The number of nitrogens with one attached hydrogen (secondary N) is 1. The summed E-state index contributed by atoms with van der Waals surface area (Å²) in [4.78, 5) is 14.2. The minimum atomic E-state index is -0.938. The van der Waals surface area contributed by atoms with Gasteiger partial charge in [0.2, 0.25) is 0 Å². The Hall–Kier alpha value is -2.18. The summed E-state index contributed by atoms with van der Waals surface area (Å²) in [5.74, 6) is -0.171. The average Bonchev–Trinajstić information content (AvgIpc) is 3.06. The molecule has 0 unspecified atom stereocenters. The van der Waals surface area contributed by atoms with Gasteiger partial charge in [-0.15, -0.1) is 0 Å². The average molecular weight is 363 g/mol. The van der Waals surface area contributed by atoms with Crippen molar-refractivity contribution in [3.8, 4) is 0 Å². The number of fused-ring (bicyclic) bond motifs is 1. The second kappa shape index (κ2) is 7.21. The van der Waals surface area contributed by atoms with Crippen LogP contribution in [-0.2, 0) is 0 Å². The number of carbonyl (C=O) groups is 1. The van der Waals surface area contributed by atoms with Gasteiger partial charge in [0, 0.05) is 30.5 Å². The number of hydrogen-bond donors (Lipinski definition) is 1. The summed E-state index contributed by atoms with van der Waals surface area (Å²) in [6.45, 7) is 1.19. The van der Waals surface area contributed by atoms with Crippen molar-refractivity contribution in [3.63, 3.8) is 0 Å². The number of piperidine rings is 1. The highest BCUT2D eigenvalue weighted by Gasteiger charge is 2.31. The Bertz CT molecular complexity index is 786. The van der Waals surface area contributed by atoms with Crippen molar-refractivity contribution in [3.05, 3.63) is 29.7 Å². The SMILES string of the molecule is O=C(N[C@@H]1CCCC[C@H]1F)N1CCC(c2noc3cc(F)ccc23)CC1. The fraction of sp³-hybridized carbons (Fsp3) is 0.579. The van der Waals surface area contributed by atoms with Gasteiger partial charge in [0.25, 0.3) is 0 Å². The fourth-order valence-corrected chi connectivity index (χ4v) is 4.08. The van der Waals surface area contributed by atoms with Gasteiger partial charge in [0.05, 0.1) is 11.7 Å². The van der Waals surface area contributed by atoms with Crippen molar-refractivity contribution in [2.45, 2.75) is 56.7 Å². The van der Waals surface area contributed by atoms with Crippen LogP contribution in [0, 0.1) is 5.82 Å². The first-order valence-electron chi connectivity index (χ1n) is 9.36. The van der Waals surface area contributed by atoms with E-state index in [1.54, 1.807) is 11.0 Å². The number of alkyl halides is 1. The lowest BCUT2D eigenvalue weighted by molar-refractivity contribution is 0.152. The highest BCUT2D eigenvalue weighted by molar-refractivity contribution is 5.80. The van der Waals surface area contributed by atoms with E-state index in [2.05, 4.69) is 10.5 Å². The van der Waals surface area contributed by atoms with Gasteiger partial charge in [-0.25, -0.2) is 13.6 Å². The van der Waals surface area contributed by atoms with Gasteiger partial charge in [-0.2, -0.15) is 0 Å². The molecule has 26 heavy (non-hydrogen) atoms. The topological polar surface area (TPSA) is 58.4 Å². The number of hydrogen-bond acceptors (Lipinski definition) is 3. The highest BCUT2D eigenvalue weighted by atomic mass is 19.1. The van der Waals surface area contributed by atoms with Crippen molar-refractivity contribution in [2.75, 3.05) is 13.1 Å². The molecule has 1 aromatic heterocycles. The zero-order chi connectivity index (χ0) is 18.1. The third-order valence-corrected chi connectivity index (χ3v) is 5.62. The number of amides is 2. The first-order valence-corrected chi connectivity index (χ1v) is 9.36. The van der Waals surface area contributed by atoms with Crippen LogP contribution >= 0.6 is 0 Å². The van der Waals surface area contributed by atoms with Crippen LogP contribution in [-0.4, -0.2) is 41.4 Å². The van der Waals surface area contributed by atoms with Crippen LogP contribution in [0.5, 0.6) is 0 Å². The van der Waals surface area contributed by atoms with Gasteiger partial charge in [-0.05, 0) is 37.8 Å². The van der Waals surface area contributed by atoms with E-state index in [0.717, 1.165) is 36.8 Å². The lowest BCUT2D eigenvalue weighted by Crippen LogP contribution is -2.51. The van der Waals surface area contributed by atoms with E-state index in [1.165, 1.54) is 12.1 Å². The Morgan fingerprint density at radius 3 is 2.73 bits per heavy atom. The van der Waals surface area contributed by atoms with Crippen molar-refractivity contribution in [1.29, 1.82) is 0 Å². The number of carbonyl (C=O) groups excluding carboxylic acids is 1. The zero-order valence-electron chi connectivity index (χ0n) is 14.6. The molecule has 1 saturated heterocycles. The van der Waals surface area contributed by atoms with Crippen LogP contribution in [0.3, 0.4) is 0 Å². The number of rotatable bonds is 2. The third-order valence-electron chi connectivity index (χ3n) is 5.62. The summed E-state index contributed by atoms with van der Waals surface area (Å²) in [6, 6.07) is 3.91. The number of benzene rings is 1. The van der Waals surface area contributed by atoms with Crippen molar-refractivity contribution < 1.29 is 18.1 Å². The molecule has 5 nitrogen and oxygen atoms in total. The van der Waals surface area contributed by atoms with Gasteiger partial charge in [0.15, 0.2) is 5.58 Å².